The first kappa shape index (κ1) is 28.5. The molecule has 0 spiro atoms. The van der Waals surface area contributed by atoms with Crippen LogP contribution in [0.5, 0.6) is 0 Å². The van der Waals surface area contributed by atoms with E-state index < -0.39 is 0 Å². The van der Waals surface area contributed by atoms with Crippen LogP contribution in [0.1, 0.15) is 0 Å². The lowest BCUT2D eigenvalue weighted by atomic mass is 10.1. The standard InChI is InChI=1S/C48H28N4O/c1-6-16-40-38(15-1)48(50-47(49-40)30-22-24-37-36-14-5-10-20-45(36)53-46(37)28-30)52-43-19-9-4-13-35(43)39-26-29-21-23-32(25-31(29)27-44(39)52)51-41-17-7-2-11-33(41)34-12-3-8-18-42(34)51/h1-28H. The molecule has 0 N–H and O–H groups in total. The fourth-order valence-electron chi connectivity index (χ4n) is 8.49. The summed E-state index contributed by atoms with van der Waals surface area (Å²) >= 11 is 0. The summed E-state index contributed by atoms with van der Waals surface area (Å²) in [5, 5.41) is 10.4. The van der Waals surface area contributed by atoms with Gasteiger partial charge in [0.15, 0.2) is 5.82 Å². The van der Waals surface area contributed by atoms with Crippen LogP contribution in [0.25, 0.3) is 110 Å². The molecule has 0 fully saturated rings. The van der Waals surface area contributed by atoms with Crippen molar-refractivity contribution in [2.75, 3.05) is 0 Å². The van der Waals surface area contributed by atoms with Gasteiger partial charge >= 0.3 is 0 Å². The molecule has 8 aromatic carbocycles. The van der Waals surface area contributed by atoms with Gasteiger partial charge in [0.25, 0.3) is 0 Å². The second-order valence-electron chi connectivity index (χ2n) is 13.8. The van der Waals surface area contributed by atoms with Crippen molar-refractivity contribution in [3.8, 4) is 22.9 Å². The van der Waals surface area contributed by atoms with Crippen LogP contribution >= 0.6 is 0 Å². The average Bonchev–Trinajstić information content (AvgIpc) is 3.86. The van der Waals surface area contributed by atoms with Gasteiger partial charge in [-0.1, -0.05) is 97.1 Å². The highest BCUT2D eigenvalue weighted by Crippen LogP contribution is 2.39. The largest absolute Gasteiger partial charge is 0.456 e. The molecule has 0 aliphatic heterocycles. The van der Waals surface area contributed by atoms with Crippen molar-refractivity contribution in [2.45, 2.75) is 0 Å². The summed E-state index contributed by atoms with van der Waals surface area (Å²) in [6, 6.07) is 60.2. The molecule has 0 radical (unpaired) electrons. The Morgan fingerprint density at radius 2 is 1.00 bits per heavy atom. The maximum Gasteiger partial charge on any atom is 0.162 e. The van der Waals surface area contributed by atoms with Gasteiger partial charge in [-0.25, -0.2) is 9.97 Å². The van der Waals surface area contributed by atoms with Crippen LogP contribution in [0.15, 0.2) is 174 Å². The molecular weight excluding hydrogens is 649 g/mol. The number of hydrogen-bond acceptors (Lipinski definition) is 3. The molecule has 12 rings (SSSR count). The van der Waals surface area contributed by atoms with Crippen LogP contribution < -0.4 is 0 Å². The first-order valence-electron chi connectivity index (χ1n) is 17.9. The van der Waals surface area contributed by atoms with Gasteiger partial charge in [-0.2, -0.15) is 0 Å². The molecular formula is C48H28N4O. The lowest BCUT2D eigenvalue weighted by Gasteiger charge is -2.13. The minimum atomic E-state index is 0.654. The predicted octanol–water partition coefficient (Wildman–Crippen LogP) is 12.5. The zero-order valence-electron chi connectivity index (χ0n) is 28.4. The Kier molecular flexibility index (Phi) is 5.71. The monoisotopic (exact) mass is 676 g/mol. The van der Waals surface area contributed by atoms with Gasteiger partial charge < -0.3 is 8.98 Å². The summed E-state index contributed by atoms with van der Waals surface area (Å²) in [6.07, 6.45) is 0. The first-order chi connectivity index (χ1) is 26.3. The Labute approximate surface area is 302 Å². The molecule has 0 atom stereocenters. The van der Waals surface area contributed by atoms with Gasteiger partial charge in [0.1, 0.15) is 17.0 Å². The molecule has 0 amide bonds. The molecule has 0 unspecified atom stereocenters. The molecule has 53 heavy (non-hydrogen) atoms. The van der Waals surface area contributed by atoms with E-state index in [4.69, 9.17) is 14.4 Å². The molecule has 5 nitrogen and oxygen atoms in total. The van der Waals surface area contributed by atoms with Gasteiger partial charge in [-0.15, -0.1) is 0 Å². The van der Waals surface area contributed by atoms with Gasteiger partial charge in [0, 0.05) is 49.0 Å². The van der Waals surface area contributed by atoms with Gasteiger partial charge in [-0.3, -0.25) is 4.57 Å². The highest BCUT2D eigenvalue weighted by molar-refractivity contribution is 6.15. The molecule has 0 aliphatic rings. The molecule has 12 aromatic rings. The normalized spacial score (nSPS) is 12.2. The van der Waals surface area contributed by atoms with E-state index >= 15 is 0 Å². The van der Waals surface area contributed by atoms with E-state index in [1.165, 1.54) is 38.0 Å². The van der Waals surface area contributed by atoms with E-state index in [9.17, 15) is 0 Å². The number of hydrogen-bond donors (Lipinski definition) is 0. The van der Waals surface area contributed by atoms with E-state index in [-0.39, 0.29) is 0 Å². The first-order valence-corrected chi connectivity index (χ1v) is 17.9. The van der Waals surface area contributed by atoms with E-state index in [1.54, 1.807) is 0 Å². The minimum absolute atomic E-state index is 0.654. The second-order valence-corrected chi connectivity index (χ2v) is 13.8. The van der Waals surface area contributed by atoms with Gasteiger partial charge in [-0.05, 0) is 83.6 Å². The van der Waals surface area contributed by atoms with Crippen molar-refractivity contribution in [3.05, 3.63) is 170 Å². The smallest absolute Gasteiger partial charge is 0.162 e. The summed E-state index contributed by atoms with van der Waals surface area (Å²) in [7, 11) is 0. The molecule has 4 heterocycles. The third-order valence-electron chi connectivity index (χ3n) is 10.9. The fourth-order valence-corrected chi connectivity index (χ4v) is 8.49. The Morgan fingerprint density at radius 1 is 0.377 bits per heavy atom. The van der Waals surface area contributed by atoms with E-state index in [2.05, 4.69) is 155 Å². The van der Waals surface area contributed by atoms with Crippen LogP contribution in [-0.2, 0) is 0 Å². The Morgan fingerprint density at radius 3 is 1.77 bits per heavy atom. The minimum Gasteiger partial charge on any atom is -0.456 e. The van der Waals surface area contributed by atoms with Gasteiger partial charge in [0.2, 0.25) is 0 Å². The Hall–Kier alpha value is -7.24. The van der Waals surface area contributed by atoms with E-state index in [0.717, 1.165) is 66.3 Å². The van der Waals surface area contributed by atoms with Crippen LogP contribution in [0.2, 0.25) is 0 Å². The van der Waals surface area contributed by atoms with Gasteiger partial charge in [0.05, 0.1) is 27.6 Å². The van der Waals surface area contributed by atoms with Crippen LogP contribution in [0, 0.1) is 0 Å². The van der Waals surface area contributed by atoms with Crippen molar-refractivity contribution < 1.29 is 4.42 Å². The van der Waals surface area contributed by atoms with Crippen molar-refractivity contribution >= 4 is 87.2 Å². The zero-order valence-corrected chi connectivity index (χ0v) is 28.4. The molecule has 0 bridgehead atoms. The number of furan rings is 1. The Balaban J connectivity index is 1.12. The molecule has 0 aliphatic carbocycles. The highest BCUT2D eigenvalue weighted by atomic mass is 16.3. The van der Waals surface area contributed by atoms with Crippen molar-refractivity contribution in [2.24, 2.45) is 0 Å². The van der Waals surface area contributed by atoms with E-state index in [1.807, 2.05) is 24.3 Å². The summed E-state index contributed by atoms with van der Waals surface area (Å²) in [6.45, 7) is 0. The topological polar surface area (TPSA) is 48.8 Å². The number of fused-ring (bicyclic) bond motifs is 11. The fraction of sp³-hybridized carbons (Fsp3) is 0. The summed E-state index contributed by atoms with van der Waals surface area (Å²) in [5.74, 6) is 1.50. The lowest BCUT2D eigenvalue weighted by Crippen LogP contribution is -2.02. The van der Waals surface area contributed by atoms with Crippen molar-refractivity contribution in [1.82, 2.24) is 19.1 Å². The molecule has 0 saturated heterocycles. The number of rotatable bonds is 3. The van der Waals surface area contributed by atoms with Crippen molar-refractivity contribution in [3.63, 3.8) is 0 Å². The number of benzene rings is 8. The molecule has 0 saturated carbocycles. The maximum atomic E-state index is 6.28. The van der Waals surface area contributed by atoms with Crippen molar-refractivity contribution in [1.29, 1.82) is 0 Å². The maximum absolute atomic E-state index is 6.28. The quantitative estimate of drug-likeness (QED) is 0.187. The summed E-state index contributed by atoms with van der Waals surface area (Å²) < 4.78 is 11.0. The Bertz CT molecular complexity index is 3420. The SMILES string of the molecule is c1ccc2c(-n3c4ccccc4c4cc5ccc(-n6c7ccccc7c7ccccc76)cc5cc43)nc(-c3ccc4c(c3)oc3ccccc34)nc2c1. The summed E-state index contributed by atoms with van der Waals surface area (Å²) in [5.41, 5.74) is 9.22. The summed E-state index contributed by atoms with van der Waals surface area (Å²) in [4.78, 5) is 10.5. The average molecular weight is 677 g/mol. The third kappa shape index (κ3) is 4.07. The number of para-hydroxylation sites is 5. The van der Waals surface area contributed by atoms with Crippen LogP contribution in [-0.4, -0.2) is 19.1 Å². The molecule has 4 aromatic heterocycles. The van der Waals surface area contributed by atoms with Crippen LogP contribution in [0.3, 0.4) is 0 Å². The second kappa shape index (κ2) is 10.6. The number of aromatic nitrogens is 4. The highest BCUT2D eigenvalue weighted by Gasteiger charge is 2.20. The number of nitrogens with zero attached hydrogens (tertiary/aromatic N) is 4. The predicted molar refractivity (Wildman–Crippen MR) is 218 cm³/mol. The third-order valence-corrected chi connectivity index (χ3v) is 10.9. The molecule has 5 heteroatoms. The molecule has 246 valence electrons. The lowest BCUT2D eigenvalue weighted by molar-refractivity contribution is 0.669. The zero-order chi connectivity index (χ0) is 34.6. The van der Waals surface area contributed by atoms with Crippen LogP contribution in [0.4, 0.5) is 0 Å². The van der Waals surface area contributed by atoms with E-state index in [0.29, 0.717) is 5.82 Å².